The van der Waals surface area contributed by atoms with Gasteiger partial charge >= 0.3 is 0 Å². The normalized spacial score (nSPS) is 21.6. The molecule has 0 radical (unpaired) electrons. The highest BCUT2D eigenvalue weighted by Crippen LogP contribution is 2.21. The lowest BCUT2D eigenvalue weighted by molar-refractivity contribution is 0.163. The van der Waals surface area contributed by atoms with Crippen LogP contribution in [0.2, 0.25) is 0 Å². The van der Waals surface area contributed by atoms with Crippen molar-refractivity contribution in [2.24, 2.45) is 11.7 Å². The van der Waals surface area contributed by atoms with Crippen LogP contribution in [0.5, 0.6) is 0 Å². The molecular formula is C15H24N2. The number of hydrogen-bond donors (Lipinski definition) is 1. The van der Waals surface area contributed by atoms with Gasteiger partial charge in [-0.25, -0.2) is 0 Å². The highest BCUT2D eigenvalue weighted by molar-refractivity contribution is 5.25. The molecule has 1 aliphatic heterocycles. The van der Waals surface area contributed by atoms with E-state index in [1.54, 1.807) is 0 Å². The number of hydrogen-bond acceptors (Lipinski definition) is 2. The standard InChI is InChI=1S/C15H24N2/c1-13-5-2-3-7-15(13)12-17-10-4-6-14(11-17)8-9-16/h2-3,5,7,14H,4,6,8-12,16H2,1H3. The fourth-order valence-corrected chi connectivity index (χ4v) is 2.79. The van der Waals surface area contributed by atoms with Crippen molar-refractivity contribution in [3.05, 3.63) is 35.4 Å². The third-order valence-electron chi connectivity index (χ3n) is 3.83. The van der Waals surface area contributed by atoms with Gasteiger partial charge in [-0.1, -0.05) is 24.3 Å². The Labute approximate surface area is 105 Å². The van der Waals surface area contributed by atoms with Gasteiger partial charge < -0.3 is 5.73 Å². The summed E-state index contributed by atoms with van der Waals surface area (Å²) in [5, 5.41) is 0. The Morgan fingerprint density at radius 2 is 2.18 bits per heavy atom. The molecule has 1 fully saturated rings. The van der Waals surface area contributed by atoms with Crippen molar-refractivity contribution in [3.63, 3.8) is 0 Å². The zero-order chi connectivity index (χ0) is 12.1. The van der Waals surface area contributed by atoms with Crippen LogP contribution in [-0.2, 0) is 6.54 Å². The summed E-state index contributed by atoms with van der Waals surface area (Å²) in [6.45, 7) is 6.62. The first-order valence-electron chi connectivity index (χ1n) is 6.76. The van der Waals surface area contributed by atoms with Crippen LogP contribution in [0.15, 0.2) is 24.3 Å². The van der Waals surface area contributed by atoms with Gasteiger partial charge in [0.15, 0.2) is 0 Å². The summed E-state index contributed by atoms with van der Waals surface area (Å²) < 4.78 is 0. The first-order chi connectivity index (χ1) is 8.29. The zero-order valence-corrected chi connectivity index (χ0v) is 10.9. The quantitative estimate of drug-likeness (QED) is 0.864. The fourth-order valence-electron chi connectivity index (χ4n) is 2.79. The van der Waals surface area contributed by atoms with E-state index in [1.165, 1.54) is 43.5 Å². The van der Waals surface area contributed by atoms with Crippen molar-refractivity contribution in [2.75, 3.05) is 19.6 Å². The minimum absolute atomic E-state index is 0.817. The molecule has 0 aliphatic carbocycles. The third kappa shape index (κ3) is 3.55. The molecule has 1 heterocycles. The van der Waals surface area contributed by atoms with Gasteiger partial charge in [-0.05, 0) is 56.3 Å². The Balaban J connectivity index is 1.92. The average molecular weight is 232 g/mol. The molecule has 1 unspecified atom stereocenters. The molecule has 1 saturated heterocycles. The summed E-state index contributed by atoms with van der Waals surface area (Å²) >= 11 is 0. The van der Waals surface area contributed by atoms with E-state index in [-0.39, 0.29) is 0 Å². The molecule has 1 aromatic rings. The summed E-state index contributed by atoms with van der Waals surface area (Å²) in [6.07, 6.45) is 3.88. The van der Waals surface area contributed by atoms with Crippen LogP contribution in [0, 0.1) is 12.8 Å². The predicted octanol–water partition coefficient (Wildman–Crippen LogP) is 2.56. The van der Waals surface area contributed by atoms with E-state index in [0.717, 1.165) is 19.0 Å². The molecule has 0 aromatic heterocycles. The highest BCUT2D eigenvalue weighted by Gasteiger charge is 2.19. The second-order valence-electron chi connectivity index (χ2n) is 5.25. The van der Waals surface area contributed by atoms with Gasteiger partial charge in [0.05, 0.1) is 0 Å². The van der Waals surface area contributed by atoms with Gasteiger partial charge in [-0.3, -0.25) is 4.90 Å². The molecule has 2 rings (SSSR count). The van der Waals surface area contributed by atoms with Crippen LogP contribution >= 0.6 is 0 Å². The largest absolute Gasteiger partial charge is 0.330 e. The fraction of sp³-hybridized carbons (Fsp3) is 0.600. The lowest BCUT2D eigenvalue weighted by Crippen LogP contribution is -2.35. The summed E-state index contributed by atoms with van der Waals surface area (Å²) in [5.41, 5.74) is 8.55. The molecule has 0 spiro atoms. The van der Waals surface area contributed by atoms with E-state index >= 15 is 0 Å². The first kappa shape index (κ1) is 12.6. The number of nitrogens with zero attached hydrogens (tertiary/aromatic N) is 1. The molecule has 0 saturated carbocycles. The molecule has 0 bridgehead atoms. The van der Waals surface area contributed by atoms with E-state index < -0.39 is 0 Å². The van der Waals surface area contributed by atoms with Gasteiger partial charge in [0.25, 0.3) is 0 Å². The Bertz CT molecular complexity index is 347. The number of aryl methyl sites for hydroxylation is 1. The Kier molecular flexibility index (Phi) is 4.57. The molecule has 1 atom stereocenters. The van der Waals surface area contributed by atoms with Crippen LogP contribution in [0.1, 0.15) is 30.4 Å². The SMILES string of the molecule is Cc1ccccc1CN1CCCC(CCN)C1. The van der Waals surface area contributed by atoms with Gasteiger partial charge in [0, 0.05) is 13.1 Å². The summed E-state index contributed by atoms with van der Waals surface area (Å²) in [5.74, 6) is 0.817. The van der Waals surface area contributed by atoms with Crippen LogP contribution in [0.25, 0.3) is 0 Å². The van der Waals surface area contributed by atoms with Gasteiger partial charge in [-0.15, -0.1) is 0 Å². The zero-order valence-electron chi connectivity index (χ0n) is 10.9. The van der Waals surface area contributed by atoms with Crippen molar-refractivity contribution < 1.29 is 0 Å². The topological polar surface area (TPSA) is 29.3 Å². The summed E-state index contributed by atoms with van der Waals surface area (Å²) in [7, 11) is 0. The highest BCUT2D eigenvalue weighted by atomic mass is 15.1. The average Bonchev–Trinajstić information content (AvgIpc) is 2.33. The van der Waals surface area contributed by atoms with Crippen molar-refractivity contribution >= 4 is 0 Å². The molecule has 17 heavy (non-hydrogen) atoms. The number of piperidine rings is 1. The maximum atomic E-state index is 5.66. The Morgan fingerprint density at radius 1 is 1.35 bits per heavy atom. The Hall–Kier alpha value is -0.860. The van der Waals surface area contributed by atoms with Crippen LogP contribution < -0.4 is 5.73 Å². The lowest BCUT2D eigenvalue weighted by Gasteiger charge is -2.33. The van der Waals surface area contributed by atoms with Crippen molar-refractivity contribution in [1.29, 1.82) is 0 Å². The van der Waals surface area contributed by atoms with E-state index in [4.69, 9.17) is 5.73 Å². The molecular weight excluding hydrogens is 208 g/mol. The van der Waals surface area contributed by atoms with Gasteiger partial charge in [0.1, 0.15) is 0 Å². The predicted molar refractivity (Wildman–Crippen MR) is 72.9 cm³/mol. The van der Waals surface area contributed by atoms with E-state index in [0.29, 0.717) is 0 Å². The molecule has 1 aliphatic rings. The van der Waals surface area contributed by atoms with Crippen molar-refractivity contribution in [1.82, 2.24) is 4.90 Å². The number of likely N-dealkylation sites (tertiary alicyclic amines) is 1. The number of benzene rings is 1. The van der Waals surface area contributed by atoms with E-state index in [9.17, 15) is 0 Å². The smallest absolute Gasteiger partial charge is 0.0236 e. The molecule has 2 nitrogen and oxygen atoms in total. The van der Waals surface area contributed by atoms with Crippen LogP contribution in [0.4, 0.5) is 0 Å². The van der Waals surface area contributed by atoms with E-state index in [2.05, 4.69) is 36.1 Å². The molecule has 0 amide bonds. The number of nitrogens with two attached hydrogens (primary N) is 1. The van der Waals surface area contributed by atoms with Gasteiger partial charge in [-0.2, -0.15) is 0 Å². The first-order valence-corrected chi connectivity index (χ1v) is 6.76. The maximum absolute atomic E-state index is 5.66. The summed E-state index contributed by atoms with van der Waals surface area (Å²) in [6, 6.07) is 8.72. The minimum Gasteiger partial charge on any atom is -0.330 e. The van der Waals surface area contributed by atoms with Gasteiger partial charge in [0.2, 0.25) is 0 Å². The van der Waals surface area contributed by atoms with E-state index in [1.807, 2.05) is 0 Å². The second-order valence-corrected chi connectivity index (χ2v) is 5.25. The monoisotopic (exact) mass is 232 g/mol. The molecule has 94 valence electrons. The number of rotatable bonds is 4. The minimum atomic E-state index is 0.817. The maximum Gasteiger partial charge on any atom is 0.0236 e. The van der Waals surface area contributed by atoms with Crippen LogP contribution in [0.3, 0.4) is 0 Å². The van der Waals surface area contributed by atoms with Crippen LogP contribution in [-0.4, -0.2) is 24.5 Å². The second kappa shape index (κ2) is 6.18. The third-order valence-corrected chi connectivity index (χ3v) is 3.83. The molecule has 1 aromatic carbocycles. The lowest BCUT2D eigenvalue weighted by atomic mass is 9.94. The summed E-state index contributed by atoms with van der Waals surface area (Å²) in [4.78, 5) is 2.59. The Morgan fingerprint density at radius 3 is 2.94 bits per heavy atom. The molecule has 2 N–H and O–H groups in total. The van der Waals surface area contributed by atoms with Crippen molar-refractivity contribution in [2.45, 2.75) is 32.7 Å². The van der Waals surface area contributed by atoms with Crippen molar-refractivity contribution in [3.8, 4) is 0 Å². The molecule has 2 heteroatoms.